The lowest BCUT2D eigenvalue weighted by Gasteiger charge is -2.24. The van der Waals surface area contributed by atoms with Crippen LogP contribution in [0.3, 0.4) is 0 Å². The Morgan fingerprint density at radius 1 is 1.07 bits per heavy atom. The van der Waals surface area contributed by atoms with Crippen molar-refractivity contribution in [2.45, 2.75) is 69.7 Å². The minimum atomic E-state index is -3.66. The van der Waals surface area contributed by atoms with Crippen LogP contribution in [0.15, 0.2) is 46.0 Å². The highest BCUT2D eigenvalue weighted by molar-refractivity contribution is 7.92. The standard InChI is InChI=1S/C34H36N6O4S2/c1-18(2)23-17-46(41,42)32-29(28(34-40-39-19(3)44-34)26(37-30(23)32)15-20-9-13-43-14-10-20)27-16-21-8-12-36-33(31(21)45-27)38-25-7-6-24-22(25)5-4-11-35-24/h4-5,8,11-12,16,18,20,23,25H,6-7,9-10,13-15,17H2,1-3H3,(H,36,38)/t23-,25?/m1/s1. The second-order valence-corrected chi connectivity index (χ2v) is 16.0. The third-order valence-electron chi connectivity index (χ3n) is 9.64. The monoisotopic (exact) mass is 656 g/mol. The molecule has 0 spiro atoms. The van der Waals surface area contributed by atoms with Crippen LogP contribution in [0.1, 0.15) is 73.6 Å². The SMILES string of the molecule is Cc1nnc(-c2c(CC3CCOCC3)nc3c(c2-c2cc4ccnc(NC5CCc6ncccc65)c4s2)S(=O)(=O)C[C@@H]3C(C)C)o1. The molecule has 0 bridgehead atoms. The van der Waals surface area contributed by atoms with Crippen LogP contribution in [-0.4, -0.2) is 52.5 Å². The first-order valence-corrected chi connectivity index (χ1v) is 18.5. The van der Waals surface area contributed by atoms with E-state index in [9.17, 15) is 8.42 Å². The first-order chi connectivity index (χ1) is 22.3. The molecule has 238 valence electrons. The summed E-state index contributed by atoms with van der Waals surface area (Å²) < 4.78 is 41.0. The van der Waals surface area contributed by atoms with Crippen molar-refractivity contribution >= 4 is 37.1 Å². The van der Waals surface area contributed by atoms with E-state index in [1.165, 1.54) is 5.56 Å². The highest BCUT2D eigenvalue weighted by Gasteiger charge is 2.43. The molecule has 5 aromatic heterocycles. The van der Waals surface area contributed by atoms with Gasteiger partial charge in [0.25, 0.3) is 0 Å². The minimum Gasteiger partial charge on any atom is -0.421 e. The number of aromatic nitrogens is 5. The number of pyridine rings is 3. The molecule has 1 aliphatic carbocycles. The zero-order valence-electron chi connectivity index (χ0n) is 26.1. The highest BCUT2D eigenvalue weighted by atomic mass is 32.2. The summed E-state index contributed by atoms with van der Waals surface area (Å²) in [7, 11) is -3.66. The summed E-state index contributed by atoms with van der Waals surface area (Å²) in [5, 5.41) is 13.3. The van der Waals surface area contributed by atoms with Gasteiger partial charge < -0.3 is 14.5 Å². The molecule has 0 amide bonds. The van der Waals surface area contributed by atoms with Crippen LogP contribution in [-0.2, 0) is 27.4 Å². The third-order valence-corrected chi connectivity index (χ3v) is 12.7. The quantitative estimate of drug-likeness (QED) is 0.202. The number of fused-ring (bicyclic) bond motifs is 3. The van der Waals surface area contributed by atoms with Gasteiger partial charge in [0, 0.05) is 54.6 Å². The lowest BCUT2D eigenvalue weighted by Crippen LogP contribution is -2.19. The Morgan fingerprint density at radius 3 is 2.70 bits per heavy atom. The van der Waals surface area contributed by atoms with E-state index in [-0.39, 0.29) is 23.6 Å². The number of sulfone groups is 1. The Kier molecular flexibility index (Phi) is 7.41. The Bertz CT molecular complexity index is 2070. The summed E-state index contributed by atoms with van der Waals surface area (Å²) >= 11 is 1.55. The van der Waals surface area contributed by atoms with Crippen molar-refractivity contribution in [3.8, 4) is 21.9 Å². The van der Waals surface area contributed by atoms with E-state index in [0.29, 0.717) is 59.1 Å². The van der Waals surface area contributed by atoms with E-state index in [1.54, 1.807) is 18.3 Å². The number of aryl methyl sites for hydroxylation is 2. The molecule has 2 atom stereocenters. The van der Waals surface area contributed by atoms with Gasteiger partial charge >= 0.3 is 0 Å². The number of hydrogen-bond donors (Lipinski definition) is 1. The second kappa shape index (κ2) is 11.5. The molecule has 1 N–H and O–H groups in total. The van der Waals surface area contributed by atoms with Crippen molar-refractivity contribution in [1.82, 2.24) is 25.1 Å². The zero-order valence-corrected chi connectivity index (χ0v) is 27.7. The zero-order chi connectivity index (χ0) is 31.6. The van der Waals surface area contributed by atoms with Crippen LogP contribution in [0.25, 0.3) is 32.0 Å². The molecule has 8 rings (SSSR count). The predicted molar refractivity (Wildman–Crippen MR) is 177 cm³/mol. The first-order valence-electron chi connectivity index (χ1n) is 16.0. The average molecular weight is 657 g/mol. The van der Waals surface area contributed by atoms with Gasteiger partial charge in [-0.25, -0.2) is 13.4 Å². The number of anilines is 1. The number of thiophene rings is 1. The molecule has 10 nitrogen and oxygen atoms in total. The normalized spacial score (nSPS) is 20.8. The minimum absolute atomic E-state index is 0.0391. The number of hydrogen-bond acceptors (Lipinski definition) is 11. The first kappa shape index (κ1) is 29.6. The van der Waals surface area contributed by atoms with Crippen molar-refractivity contribution < 1.29 is 17.6 Å². The van der Waals surface area contributed by atoms with Crippen LogP contribution in [0.5, 0.6) is 0 Å². The van der Waals surface area contributed by atoms with Crippen LogP contribution in [0.2, 0.25) is 0 Å². The van der Waals surface area contributed by atoms with Gasteiger partial charge in [0.15, 0.2) is 9.84 Å². The number of ether oxygens (including phenoxy) is 1. The van der Waals surface area contributed by atoms with Crippen molar-refractivity contribution in [2.75, 3.05) is 24.3 Å². The van der Waals surface area contributed by atoms with Gasteiger partial charge in [-0.15, -0.1) is 21.5 Å². The number of rotatable bonds is 7. The van der Waals surface area contributed by atoms with Crippen molar-refractivity contribution in [3.63, 3.8) is 0 Å². The molecule has 0 saturated carbocycles. The van der Waals surface area contributed by atoms with Gasteiger partial charge in [0.2, 0.25) is 11.8 Å². The maximum absolute atomic E-state index is 14.1. The maximum atomic E-state index is 14.1. The van der Waals surface area contributed by atoms with E-state index in [1.807, 2.05) is 24.5 Å². The topological polar surface area (TPSA) is 133 Å². The molecule has 12 heteroatoms. The Morgan fingerprint density at radius 2 is 1.91 bits per heavy atom. The van der Waals surface area contributed by atoms with E-state index in [0.717, 1.165) is 57.9 Å². The van der Waals surface area contributed by atoms with E-state index in [4.69, 9.17) is 19.1 Å². The van der Waals surface area contributed by atoms with E-state index in [2.05, 4.69) is 46.5 Å². The number of nitrogens with zero attached hydrogens (tertiary/aromatic N) is 5. The highest BCUT2D eigenvalue weighted by Crippen LogP contribution is 2.51. The fourth-order valence-corrected chi connectivity index (χ4v) is 10.7. The molecule has 1 fully saturated rings. The van der Waals surface area contributed by atoms with Gasteiger partial charge in [-0.3, -0.25) is 9.97 Å². The summed E-state index contributed by atoms with van der Waals surface area (Å²) in [4.78, 5) is 15.7. The van der Waals surface area contributed by atoms with Crippen LogP contribution >= 0.6 is 11.3 Å². The largest absolute Gasteiger partial charge is 0.421 e. The molecule has 1 unspecified atom stereocenters. The fraction of sp³-hybridized carbons (Fsp3) is 0.441. The summed E-state index contributed by atoms with van der Waals surface area (Å²) in [5.41, 5.74) is 5.05. The van der Waals surface area contributed by atoms with E-state index >= 15 is 0 Å². The molecule has 0 aromatic carbocycles. The van der Waals surface area contributed by atoms with Crippen LogP contribution in [0.4, 0.5) is 5.82 Å². The van der Waals surface area contributed by atoms with Crippen molar-refractivity contribution in [2.24, 2.45) is 11.8 Å². The Labute approximate surface area is 272 Å². The summed E-state index contributed by atoms with van der Waals surface area (Å²) in [6, 6.07) is 8.27. The molecule has 5 aromatic rings. The lowest BCUT2D eigenvalue weighted by molar-refractivity contribution is 0.0663. The Balaban J connectivity index is 1.34. The average Bonchev–Trinajstić information content (AvgIpc) is 3.82. The van der Waals surface area contributed by atoms with Gasteiger partial charge in [-0.1, -0.05) is 19.9 Å². The van der Waals surface area contributed by atoms with Crippen LogP contribution in [0, 0.1) is 18.8 Å². The third kappa shape index (κ3) is 5.10. The molecule has 3 aliphatic rings. The molecule has 0 radical (unpaired) electrons. The molecule has 2 aliphatic heterocycles. The van der Waals surface area contributed by atoms with Gasteiger partial charge in [0.05, 0.1) is 38.3 Å². The fourth-order valence-electron chi connectivity index (χ4n) is 7.26. The molecule has 1 saturated heterocycles. The summed E-state index contributed by atoms with van der Waals surface area (Å²) in [6.07, 6.45) is 8.03. The lowest BCUT2D eigenvalue weighted by atomic mass is 9.88. The smallest absolute Gasteiger partial charge is 0.250 e. The van der Waals surface area contributed by atoms with Crippen molar-refractivity contribution in [1.29, 1.82) is 0 Å². The molecule has 7 heterocycles. The van der Waals surface area contributed by atoms with Gasteiger partial charge in [-0.05, 0) is 73.1 Å². The molecule has 46 heavy (non-hydrogen) atoms. The summed E-state index contributed by atoms with van der Waals surface area (Å²) in [6.45, 7) is 7.32. The maximum Gasteiger partial charge on any atom is 0.250 e. The van der Waals surface area contributed by atoms with Crippen LogP contribution < -0.4 is 5.32 Å². The van der Waals surface area contributed by atoms with Crippen molar-refractivity contribution in [3.05, 3.63) is 65.2 Å². The van der Waals surface area contributed by atoms with E-state index < -0.39 is 9.84 Å². The summed E-state index contributed by atoms with van der Waals surface area (Å²) in [5.74, 6) is 1.80. The molecular weight excluding hydrogens is 621 g/mol. The Hall–Kier alpha value is -3.74. The predicted octanol–water partition coefficient (Wildman–Crippen LogP) is 6.71. The number of nitrogens with one attached hydrogen (secondary N) is 1. The molecular formula is C34H36N6O4S2. The van der Waals surface area contributed by atoms with Gasteiger partial charge in [0.1, 0.15) is 5.82 Å². The second-order valence-electron chi connectivity index (χ2n) is 13.0. The van der Waals surface area contributed by atoms with Gasteiger partial charge in [-0.2, -0.15) is 0 Å².